The van der Waals surface area contributed by atoms with Crippen LogP contribution in [-0.4, -0.2) is 37.2 Å². The van der Waals surface area contributed by atoms with Gasteiger partial charge in [0.1, 0.15) is 13.2 Å². The Morgan fingerprint density at radius 1 is 0.300 bits per heavy atom. The van der Waals surface area contributed by atoms with E-state index < -0.39 is 6.10 Å². The van der Waals surface area contributed by atoms with Crippen LogP contribution in [-0.2, 0) is 28.6 Å². The first-order chi connectivity index (χ1) is 34.5. The summed E-state index contributed by atoms with van der Waals surface area (Å²) < 4.78 is 16.9. The van der Waals surface area contributed by atoms with E-state index in [-0.39, 0.29) is 31.1 Å². The fraction of sp³-hybridized carbons (Fsp3) is 0.797. The maximum absolute atomic E-state index is 12.9. The van der Waals surface area contributed by atoms with E-state index in [9.17, 15) is 14.4 Å². The molecule has 1 atom stereocenters. The van der Waals surface area contributed by atoms with Crippen LogP contribution < -0.4 is 0 Å². The van der Waals surface area contributed by atoms with Crippen molar-refractivity contribution in [3.05, 3.63) is 60.8 Å². The second-order valence-electron chi connectivity index (χ2n) is 20.2. The summed E-state index contributed by atoms with van der Waals surface area (Å²) in [4.78, 5) is 38.1. The quantitative estimate of drug-likeness (QED) is 0.0261. The van der Waals surface area contributed by atoms with Crippen LogP contribution in [0.15, 0.2) is 60.8 Å². The van der Waals surface area contributed by atoms with Crippen LogP contribution in [0.25, 0.3) is 0 Å². The summed E-state index contributed by atoms with van der Waals surface area (Å²) in [6.07, 6.45) is 73.8. The number of allylic oxidation sites excluding steroid dienone is 10. The summed E-state index contributed by atoms with van der Waals surface area (Å²) in [5.41, 5.74) is 0. The van der Waals surface area contributed by atoms with Crippen LogP contribution in [0.1, 0.15) is 310 Å². The number of carbonyl (C=O) groups excluding carboxylic acids is 3. The van der Waals surface area contributed by atoms with Gasteiger partial charge in [0.2, 0.25) is 0 Å². The lowest BCUT2D eigenvalue weighted by atomic mass is 10.0. The van der Waals surface area contributed by atoms with Gasteiger partial charge in [-0.2, -0.15) is 0 Å². The monoisotopic (exact) mass is 979 g/mol. The third-order valence-corrected chi connectivity index (χ3v) is 13.2. The summed E-state index contributed by atoms with van der Waals surface area (Å²) in [6, 6.07) is 0. The molecule has 0 aromatic rings. The van der Waals surface area contributed by atoms with Crippen LogP contribution in [0.5, 0.6) is 0 Å². The minimum absolute atomic E-state index is 0.0802. The van der Waals surface area contributed by atoms with Crippen molar-refractivity contribution in [3.8, 4) is 0 Å². The van der Waals surface area contributed by atoms with Crippen molar-refractivity contribution < 1.29 is 28.6 Å². The molecule has 0 N–H and O–H groups in total. The molecule has 70 heavy (non-hydrogen) atoms. The van der Waals surface area contributed by atoms with Gasteiger partial charge in [-0.3, -0.25) is 14.4 Å². The first kappa shape index (κ1) is 67.1. The predicted molar refractivity (Wildman–Crippen MR) is 302 cm³/mol. The van der Waals surface area contributed by atoms with Gasteiger partial charge < -0.3 is 14.2 Å². The van der Waals surface area contributed by atoms with Crippen molar-refractivity contribution >= 4 is 17.9 Å². The van der Waals surface area contributed by atoms with Crippen molar-refractivity contribution in [2.45, 2.75) is 316 Å². The number of hydrogen-bond donors (Lipinski definition) is 0. The van der Waals surface area contributed by atoms with Gasteiger partial charge in [-0.15, -0.1) is 0 Å². The summed E-state index contributed by atoms with van der Waals surface area (Å²) >= 11 is 0. The largest absolute Gasteiger partial charge is 0.462 e. The van der Waals surface area contributed by atoms with E-state index in [4.69, 9.17) is 14.2 Å². The fourth-order valence-electron chi connectivity index (χ4n) is 8.73. The smallest absolute Gasteiger partial charge is 0.306 e. The second kappa shape index (κ2) is 58.7. The maximum atomic E-state index is 12.9. The average molecular weight is 980 g/mol. The van der Waals surface area contributed by atoms with Crippen molar-refractivity contribution in [1.29, 1.82) is 0 Å². The van der Waals surface area contributed by atoms with Crippen LogP contribution in [0, 0.1) is 0 Å². The SMILES string of the molecule is CC/C=C\C/C=C\C/C=C\C/C=C\CCCCCCCCC(=O)OC(COC(=O)CCCCCCC/C=C\CCC)COC(=O)CCCCCCCCCCCCCCCCCCCCCCCCC. The molecule has 0 aliphatic heterocycles. The minimum atomic E-state index is -0.783. The molecular weight excluding hydrogens is 865 g/mol. The van der Waals surface area contributed by atoms with Crippen molar-refractivity contribution in [3.63, 3.8) is 0 Å². The third kappa shape index (κ3) is 56.0. The van der Waals surface area contributed by atoms with E-state index in [2.05, 4.69) is 81.5 Å². The Morgan fingerprint density at radius 3 is 0.943 bits per heavy atom. The number of ether oxygens (including phenoxy) is 3. The van der Waals surface area contributed by atoms with Gasteiger partial charge in [0.25, 0.3) is 0 Å². The highest BCUT2D eigenvalue weighted by molar-refractivity contribution is 5.71. The Kier molecular flexibility index (Phi) is 56.3. The lowest BCUT2D eigenvalue weighted by molar-refractivity contribution is -0.167. The number of unbranched alkanes of at least 4 members (excludes halogenated alkanes) is 34. The second-order valence-corrected chi connectivity index (χ2v) is 20.2. The number of hydrogen-bond acceptors (Lipinski definition) is 6. The molecule has 0 amide bonds. The number of rotatable bonds is 55. The molecule has 406 valence electrons. The summed E-state index contributed by atoms with van der Waals surface area (Å²) in [5.74, 6) is -0.892. The summed E-state index contributed by atoms with van der Waals surface area (Å²) in [5, 5.41) is 0. The van der Waals surface area contributed by atoms with Crippen LogP contribution in [0.4, 0.5) is 0 Å². The van der Waals surface area contributed by atoms with E-state index in [0.717, 1.165) is 109 Å². The Hall–Kier alpha value is -2.89. The van der Waals surface area contributed by atoms with Gasteiger partial charge in [0.15, 0.2) is 6.10 Å². The highest BCUT2D eigenvalue weighted by Gasteiger charge is 2.19. The molecule has 1 unspecified atom stereocenters. The highest BCUT2D eigenvalue weighted by atomic mass is 16.6. The zero-order chi connectivity index (χ0) is 50.7. The average Bonchev–Trinajstić information content (AvgIpc) is 3.36. The van der Waals surface area contributed by atoms with Crippen molar-refractivity contribution in [2.75, 3.05) is 13.2 Å². The molecule has 0 spiro atoms. The van der Waals surface area contributed by atoms with Crippen LogP contribution in [0.3, 0.4) is 0 Å². The Morgan fingerprint density at radius 2 is 0.586 bits per heavy atom. The number of esters is 3. The summed E-state index contributed by atoms with van der Waals surface area (Å²) in [7, 11) is 0. The molecule has 0 aliphatic carbocycles. The molecule has 0 saturated heterocycles. The van der Waals surface area contributed by atoms with E-state index >= 15 is 0 Å². The molecule has 0 saturated carbocycles. The maximum Gasteiger partial charge on any atom is 0.306 e. The zero-order valence-electron chi connectivity index (χ0n) is 46.5. The molecular formula is C64H114O6. The zero-order valence-corrected chi connectivity index (χ0v) is 46.5. The molecule has 0 aliphatic rings. The van der Waals surface area contributed by atoms with Gasteiger partial charge in [-0.05, 0) is 77.0 Å². The predicted octanol–water partition coefficient (Wildman–Crippen LogP) is 20.4. The topological polar surface area (TPSA) is 78.9 Å². The third-order valence-electron chi connectivity index (χ3n) is 13.2. The molecule has 0 bridgehead atoms. The fourth-order valence-corrected chi connectivity index (χ4v) is 8.73. The molecule has 0 fully saturated rings. The Balaban J connectivity index is 4.25. The Bertz CT molecular complexity index is 1260. The van der Waals surface area contributed by atoms with Crippen LogP contribution >= 0.6 is 0 Å². The van der Waals surface area contributed by atoms with Gasteiger partial charge in [0, 0.05) is 19.3 Å². The highest BCUT2D eigenvalue weighted by Crippen LogP contribution is 2.17. The van der Waals surface area contributed by atoms with Crippen LogP contribution in [0.2, 0.25) is 0 Å². The lowest BCUT2D eigenvalue weighted by Crippen LogP contribution is -2.30. The summed E-state index contributed by atoms with van der Waals surface area (Å²) in [6.45, 7) is 6.48. The van der Waals surface area contributed by atoms with E-state index in [1.807, 2.05) is 0 Å². The molecule has 0 radical (unpaired) electrons. The Labute approximate surface area is 434 Å². The molecule has 6 heteroatoms. The standard InChI is InChI=1S/C64H114O6/c1-4-7-10-13-16-19-22-24-26-28-30-31-32-33-35-36-38-40-42-45-48-51-54-57-63(66)69-60-61(59-68-62(65)56-53-50-47-44-21-18-15-12-9-6-3)70-64(67)58-55-52-49-46-43-41-39-37-34-29-27-25-23-20-17-14-11-8-5-2/h8,11-12,15,17,20,25,27,34,37,61H,4-7,9-10,13-14,16,18-19,21-24,26,28-33,35-36,38-60H2,1-3H3/b11-8-,15-12-,20-17-,27-25-,37-34-. The van der Waals surface area contributed by atoms with Gasteiger partial charge in [-0.1, -0.05) is 274 Å². The van der Waals surface area contributed by atoms with E-state index in [1.165, 1.54) is 161 Å². The van der Waals surface area contributed by atoms with Gasteiger partial charge in [-0.25, -0.2) is 0 Å². The van der Waals surface area contributed by atoms with E-state index in [1.54, 1.807) is 0 Å². The van der Waals surface area contributed by atoms with Gasteiger partial charge >= 0.3 is 17.9 Å². The molecule has 0 rings (SSSR count). The number of carbonyl (C=O) groups is 3. The molecule has 0 aromatic carbocycles. The first-order valence-electron chi connectivity index (χ1n) is 30.3. The van der Waals surface area contributed by atoms with E-state index in [0.29, 0.717) is 19.3 Å². The normalized spacial score (nSPS) is 12.4. The molecule has 6 nitrogen and oxygen atoms in total. The minimum Gasteiger partial charge on any atom is -0.462 e. The van der Waals surface area contributed by atoms with Crippen molar-refractivity contribution in [2.24, 2.45) is 0 Å². The van der Waals surface area contributed by atoms with Gasteiger partial charge in [0.05, 0.1) is 0 Å². The molecule has 0 aromatic heterocycles. The van der Waals surface area contributed by atoms with Crippen molar-refractivity contribution in [1.82, 2.24) is 0 Å². The molecule has 0 heterocycles. The first-order valence-corrected chi connectivity index (χ1v) is 30.3. The lowest BCUT2D eigenvalue weighted by Gasteiger charge is -2.18.